The third kappa shape index (κ3) is 16.0. The normalized spacial score (nSPS) is 12.3. The van der Waals surface area contributed by atoms with Crippen LogP contribution in [-0.4, -0.2) is 17.4 Å². The molecule has 0 aliphatic rings. The minimum absolute atomic E-state index is 0.00499. The Morgan fingerprint density at radius 1 is 0.950 bits per heavy atom. The summed E-state index contributed by atoms with van der Waals surface area (Å²) in [5.74, 6) is -0.00499. The van der Waals surface area contributed by atoms with Crippen molar-refractivity contribution in [2.45, 2.75) is 95.7 Å². The SMILES string of the molecule is CCCCCCCC(=O)OCCCCCCCC(C)Br. The third-order valence-corrected chi connectivity index (χ3v) is 3.95. The van der Waals surface area contributed by atoms with Crippen LogP contribution >= 0.6 is 15.9 Å². The molecule has 0 saturated carbocycles. The molecule has 0 bridgehead atoms. The van der Waals surface area contributed by atoms with Crippen molar-refractivity contribution < 1.29 is 9.53 Å². The Hall–Kier alpha value is -0.0500. The summed E-state index contributed by atoms with van der Waals surface area (Å²) in [7, 11) is 0. The van der Waals surface area contributed by atoms with E-state index in [1.54, 1.807) is 0 Å². The lowest BCUT2D eigenvalue weighted by atomic mass is 10.1. The zero-order valence-corrected chi connectivity index (χ0v) is 15.1. The maximum Gasteiger partial charge on any atom is 0.305 e. The minimum atomic E-state index is -0.00499. The predicted octanol–water partition coefficient (Wildman–Crippen LogP) is 6.01. The predicted molar refractivity (Wildman–Crippen MR) is 90.4 cm³/mol. The number of rotatable bonds is 14. The molecule has 3 heteroatoms. The van der Waals surface area contributed by atoms with Gasteiger partial charge in [-0.15, -0.1) is 0 Å². The van der Waals surface area contributed by atoms with Gasteiger partial charge in [-0.1, -0.05) is 81.1 Å². The van der Waals surface area contributed by atoms with Gasteiger partial charge in [0.2, 0.25) is 0 Å². The first-order valence-corrected chi connectivity index (χ1v) is 9.38. The van der Waals surface area contributed by atoms with Crippen LogP contribution in [0.1, 0.15) is 90.9 Å². The van der Waals surface area contributed by atoms with Crippen LogP contribution in [-0.2, 0) is 9.53 Å². The molecule has 1 unspecified atom stereocenters. The molecule has 0 amide bonds. The van der Waals surface area contributed by atoms with Crippen LogP contribution in [0.25, 0.3) is 0 Å². The van der Waals surface area contributed by atoms with Gasteiger partial charge in [-0.25, -0.2) is 0 Å². The molecule has 20 heavy (non-hydrogen) atoms. The Bertz CT molecular complexity index is 217. The fourth-order valence-electron chi connectivity index (χ4n) is 2.19. The van der Waals surface area contributed by atoms with Gasteiger partial charge in [-0.3, -0.25) is 4.79 Å². The first-order valence-electron chi connectivity index (χ1n) is 8.46. The average Bonchev–Trinajstić information content (AvgIpc) is 2.41. The van der Waals surface area contributed by atoms with Gasteiger partial charge >= 0.3 is 5.97 Å². The summed E-state index contributed by atoms with van der Waals surface area (Å²) in [6, 6.07) is 0. The summed E-state index contributed by atoms with van der Waals surface area (Å²) in [5.41, 5.74) is 0. The average molecular weight is 349 g/mol. The highest BCUT2D eigenvalue weighted by Gasteiger charge is 2.02. The number of alkyl halides is 1. The van der Waals surface area contributed by atoms with Gasteiger partial charge in [0, 0.05) is 11.2 Å². The molecule has 0 aliphatic heterocycles. The fraction of sp³-hybridized carbons (Fsp3) is 0.941. The van der Waals surface area contributed by atoms with E-state index in [1.165, 1.54) is 51.4 Å². The molecule has 0 aromatic heterocycles. The number of hydrogen-bond donors (Lipinski definition) is 0. The fourth-order valence-corrected chi connectivity index (χ4v) is 2.51. The van der Waals surface area contributed by atoms with Gasteiger partial charge < -0.3 is 4.74 Å². The van der Waals surface area contributed by atoms with Crippen molar-refractivity contribution in [3.8, 4) is 0 Å². The number of hydrogen-bond acceptors (Lipinski definition) is 2. The second kappa shape index (κ2) is 15.3. The van der Waals surface area contributed by atoms with Crippen LogP contribution in [0.15, 0.2) is 0 Å². The van der Waals surface area contributed by atoms with Crippen LogP contribution in [0.2, 0.25) is 0 Å². The number of halogens is 1. The van der Waals surface area contributed by atoms with E-state index in [2.05, 4.69) is 29.8 Å². The molecule has 0 aromatic rings. The minimum Gasteiger partial charge on any atom is -0.466 e. The Morgan fingerprint density at radius 2 is 1.55 bits per heavy atom. The summed E-state index contributed by atoms with van der Waals surface area (Å²) in [5, 5.41) is 0. The molecule has 0 radical (unpaired) electrons. The summed E-state index contributed by atoms with van der Waals surface area (Å²) < 4.78 is 5.25. The molecule has 120 valence electrons. The van der Waals surface area contributed by atoms with Crippen LogP contribution in [0.4, 0.5) is 0 Å². The summed E-state index contributed by atoms with van der Waals surface area (Å²) in [6.45, 7) is 5.01. The zero-order chi connectivity index (χ0) is 15.1. The second-order valence-electron chi connectivity index (χ2n) is 5.72. The topological polar surface area (TPSA) is 26.3 Å². The van der Waals surface area contributed by atoms with E-state index in [9.17, 15) is 4.79 Å². The second-order valence-corrected chi connectivity index (χ2v) is 7.29. The monoisotopic (exact) mass is 348 g/mol. The molecule has 1 atom stereocenters. The Labute approximate surface area is 134 Å². The molecular formula is C17H33BrO2. The summed E-state index contributed by atoms with van der Waals surface area (Å²) in [6.07, 6.45) is 13.8. The summed E-state index contributed by atoms with van der Waals surface area (Å²) in [4.78, 5) is 12.1. The van der Waals surface area contributed by atoms with Crippen molar-refractivity contribution in [1.82, 2.24) is 0 Å². The van der Waals surface area contributed by atoms with Crippen molar-refractivity contribution in [3.63, 3.8) is 0 Å². The van der Waals surface area contributed by atoms with E-state index in [1.807, 2.05) is 0 Å². The molecule has 0 saturated heterocycles. The molecule has 0 fully saturated rings. The van der Waals surface area contributed by atoms with E-state index < -0.39 is 0 Å². The van der Waals surface area contributed by atoms with Gasteiger partial charge in [-0.2, -0.15) is 0 Å². The van der Waals surface area contributed by atoms with E-state index in [-0.39, 0.29) is 5.97 Å². The maximum absolute atomic E-state index is 11.5. The molecule has 2 nitrogen and oxygen atoms in total. The van der Waals surface area contributed by atoms with E-state index >= 15 is 0 Å². The van der Waals surface area contributed by atoms with Gasteiger partial charge in [0.25, 0.3) is 0 Å². The van der Waals surface area contributed by atoms with Gasteiger partial charge in [0.1, 0.15) is 0 Å². The third-order valence-electron chi connectivity index (χ3n) is 3.49. The Kier molecular flexibility index (Phi) is 15.3. The van der Waals surface area contributed by atoms with E-state index in [4.69, 9.17) is 4.74 Å². The molecule has 0 rings (SSSR count). The standard InChI is InChI=1S/C17H33BrO2/c1-3-4-5-7-11-14-17(19)20-15-12-9-6-8-10-13-16(2)18/h16H,3-15H2,1-2H3. The Morgan fingerprint density at radius 3 is 2.25 bits per heavy atom. The molecule has 0 N–H and O–H groups in total. The highest BCUT2D eigenvalue weighted by atomic mass is 79.9. The van der Waals surface area contributed by atoms with E-state index in [0.29, 0.717) is 17.9 Å². The highest BCUT2D eigenvalue weighted by Crippen LogP contribution is 2.12. The molecule has 0 spiro atoms. The zero-order valence-electron chi connectivity index (χ0n) is 13.5. The van der Waals surface area contributed by atoms with Crippen molar-refractivity contribution in [2.75, 3.05) is 6.61 Å². The summed E-state index contributed by atoms with van der Waals surface area (Å²) >= 11 is 3.56. The van der Waals surface area contributed by atoms with Gasteiger partial charge in [0.15, 0.2) is 0 Å². The van der Waals surface area contributed by atoms with Crippen molar-refractivity contribution in [1.29, 1.82) is 0 Å². The number of carbonyl (C=O) groups is 1. The van der Waals surface area contributed by atoms with Gasteiger partial charge in [-0.05, 0) is 19.3 Å². The number of esters is 1. The van der Waals surface area contributed by atoms with Crippen LogP contribution in [0, 0.1) is 0 Å². The van der Waals surface area contributed by atoms with Crippen molar-refractivity contribution in [2.24, 2.45) is 0 Å². The first-order chi connectivity index (χ1) is 9.66. The lowest BCUT2D eigenvalue weighted by molar-refractivity contribution is -0.143. The lowest BCUT2D eigenvalue weighted by Crippen LogP contribution is -2.05. The van der Waals surface area contributed by atoms with Crippen LogP contribution in [0.3, 0.4) is 0 Å². The van der Waals surface area contributed by atoms with Crippen LogP contribution in [0.5, 0.6) is 0 Å². The largest absolute Gasteiger partial charge is 0.466 e. The molecule has 0 heterocycles. The lowest BCUT2D eigenvalue weighted by Gasteiger charge is -2.05. The molecule has 0 aromatic carbocycles. The molecule has 0 aliphatic carbocycles. The van der Waals surface area contributed by atoms with Crippen LogP contribution < -0.4 is 0 Å². The van der Waals surface area contributed by atoms with Crippen molar-refractivity contribution >= 4 is 21.9 Å². The first kappa shape index (κ1) is 19.9. The van der Waals surface area contributed by atoms with Crippen molar-refractivity contribution in [3.05, 3.63) is 0 Å². The maximum atomic E-state index is 11.5. The highest BCUT2D eigenvalue weighted by molar-refractivity contribution is 9.09. The number of carbonyl (C=O) groups excluding carboxylic acids is 1. The van der Waals surface area contributed by atoms with E-state index in [0.717, 1.165) is 19.3 Å². The quantitative estimate of drug-likeness (QED) is 0.218. The smallest absolute Gasteiger partial charge is 0.305 e. The number of ether oxygens (including phenoxy) is 1. The Balaban J connectivity index is 3.15. The van der Waals surface area contributed by atoms with Gasteiger partial charge in [0.05, 0.1) is 6.61 Å². The molecular weight excluding hydrogens is 316 g/mol. The number of unbranched alkanes of at least 4 members (excludes halogenated alkanes) is 8.